The van der Waals surface area contributed by atoms with Crippen LogP contribution in [-0.2, 0) is 12.2 Å². The number of aliphatic hydroxyl groups is 2. The molecule has 0 saturated carbocycles. The summed E-state index contributed by atoms with van der Waals surface area (Å²) in [6.07, 6.45) is -1.26. The quantitative estimate of drug-likeness (QED) is 0.378. The molecule has 0 spiro atoms. The van der Waals surface area contributed by atoms with Gasteiger partial charge < -0.3 is 24.7 Å². The van der Waals surface area contributed by atoms with E-state index in [9.17, 15) is 28.9 Å². The van der Waals surface area contributed by atoms with Crippen molar-refractivity contribution >= 4 is 22.0 Å². The number of hydrogen-bond donors (Lipinski definition) is 3. The van der Waals surface area contributed by atoms with Gasteiger partial charge in [-0.2, -0.15) is 0 Å². The summed E-state index contributed by atoms with van der Waals surface area (Å²) < 4.78 is 34.2. The van der Waals surface area contributed by atoms with Crippen molar-refractivity contribution in [2.45, 2.75) is 51.4 Å². The molecule has 3 aromatic rings. The number of benzene rings is 2. The summed E-state index contributed by atoms with van der Waals surface area (Å²) in [4.78, 5) is 13.5. The van der Waals surface area contributed by atoms with E-state index in [0.29, 0.717) is 21.3 Å². The highest BCUT2D eigenvalue weighted by atomic mass is 79.9. The Hall–Kier alpha value is -2.82. The molecule has 36 heavy (non-hydrogen) atoms. The van der Waals surface area contributed by atoms with E-state index >= 15 is 0 Å². The van der Waals surface area contributed by atoms with Gasteiger partial charge in [0.25, 0.3) is 0 Å². The molecular formula is C26H27BrF2N2O5. The lowest BCUT2D eigenvalue weighted by Crippen LogP contribution is -2.60. The lowest BCUT2D eigenvalue weighted by Gasteiger charge is -2.53. The van der Waals surface area contributed by atoms with Crippen molar-refractivity contribution in [3.8, 4) is 11.3 Å². The fourth-order valence-electron chi connectivity index (χ4n) is 5.20. The predicted molar refractivity (Wildman–Crippen MR) is 131 cm³/mol. The van der Waals surface area contributed by atoms with Crippen LogP contribution in [-0.4, -0.2) is 44.1 Å². The van der Waals surface area contributed by atoms with Gasteiger partial charge in [-0.25, -0.2) is 13.6 Å². The van der Waals surface area contributed by atoms with Gasteiger partial charge in [0.2, 0.25) is 0 Å². The number of carbonyl (C=O) groups is 1. The van der Waals surface area contributed by atoms with Crippen LogP contribution in [0.5, 0.6) is 0 Å². The van der Waals surface area contributed by atoms with Gasteiger partial charge in [0.15, 0.2) is 17.4 Å². The molecule has 10 heteroatoms. The first-order valence-corrected chi connectivity index (χ1v) is 12.2. The molecule has 7 nitrogen and oxygen atoms in total. The third-order valence-electron chi connectivity index (χ3n) is 6.84. The lowest BCUT2D eigenvalue weighted by atomic mass is 9.64. The maximum absolute atomic E-state index is 14.3. The van der Waals surface area contributed by atoms with Crippen molar-refractivity contribution in [3.63, 3.8) is 0 Å². The van der Waals surface area contributed by atoms with E-state index in [1.165, 1.54) is 11.0 Å². The molecule has 0 bridgehead atoms. The standard InChI is InChI=1S/C26H27BrF2N2O5/c1-25(2,3)23-19(22-20(27)21(30-36-22)16-7-5-4-6-14(16)13-32)26(35,10-11-31(23)24(33)34)15-8-9-17(28)18(29)12-15/h4-9,12,19,23,32,35H,10-11,13H2,1-3H3,(H,33,34)/t19-,23?,26-/m0/s1. The highest BCUT2D eigenvalue weighted by molar-refractivity contribution is 9.10. The van der Waals surface area contributed by atoms with Crippen LogP contribution >= 0.6 is 15.9 Å². The van der Waals surface area contributed by atoms with Crippen LogP contribution in [0, 0.1) is 17.0 Å². The van der Waals surface area contributed by atoms with Gasteiger partial charge in [0.1, 0.15) is 11.3 Å². The number of nitrogens with zero attached hydrogens (tertiary/aromatic N) is 2. The summed E-state index contributed by atoms with van der Waals surface area (Å²) in [5, 5.41) is 36.2. The second-order valence-corrected chi connectivity index (χ2v) is 10.9. The Kier molecular flexibility index (Phi) is 6.98. The lowest BCUT2D eigenvalue weighted by molar-refractivity contribution is -0.0977. The first kappa shape index (κ1) is 26.2. The van der Waals surface area contributed by atoms with Crippen LogP contribution in [0.15, 0.2) is 51.5 Å². The third kappa shape index (κ3) is 4.42. The van der Waals surface area contributed by atoms with E-state index in [-0.39, 0.29) is 30.9 Å². The minimum atomic E-state index is -1.81. The maximum Gasteiger partial charge on any atom is 0.407 e. The number of amides is 1. The minimum Gasteiger partial charge on any atom is -0.465 e. The van der Waals surface area contributed by atoms with Crippen LogP contribution in [0.1, 0.15) is 50.0 Å². The van der Waals surface area contributed by atoms with Crippen molar-refractivity contribution in [1.82, 2.24) is 10.1 Å². The van der Waals surface area contributed by atoms with E-state index in [0.717, 1.165) is 12.1 Å². The normalized spacial score (nSPS) is 22.6. The summed E-state index contributed by atoms with van der Waals surface area (Å²) in [7, 11) is 0. The van der Waals surface area contributed by atoms with Gasteiger partial charge in [0.05, 0.1) is 23.0 Å². The second-order valence-electron chi connectivity index (χ2n) is 10.1. The summed E-state index contributed by atoms with van der Waals surface area (Å²) in [5.41, 5.74) is -0.859. The van der Waals surface area contributed by atoms with E-state index in [1.807, 2.05) is 20.8 Å². The van der Waals surface area contributed by atoms with Crippen LogP contribution in [0.2, 0.25) is 0 Å². The number of piperidine rings is 1. The Labute approximate surface area is 215 Å². The number of rotatable bonds is 4. The number of aromatic nitrogens is 1. The molecule has 1 aliphatic heterocycles. The number of aliphatic hydroxyl groups excluding tert-OH is 1. The van der Waals surface area contributed by atoms with E-state index in [2.05, 4.69) is 21.1 Å². The summed E-state index contributed by atoms with van der Waals surface area (Å²) in [6, 6.07) is 9.38. The fraction of sp³-hybridized carbons (Fsp3) is 0.385. The molecule has 1 aromatic heterocycles. The minimum absolute atomic E-state index is 0.0325. The first-order valence-electron chi connectivity index (χ1n) is 11.4. The SMILES string of the molecule is CC(C)(C)C1[C@H](c2onc(-c3ccccc3CO)c2Br)[C@@](O)(c2ccc(F)c(F)c2)CCN1C(=O)O. The molecule has 1 fully saturated rings. The van der Waals surface area contributed by atoms with Crippen molar-refractivity contribution in [2.75, 3.05) is 6.54 Å². The zero-order valence-corrected chi connectivity index (χ0v) is 21.6. The molecule has 2 heterocycles. The number of halogens is 3. The van der Waals surface area contributed by atoms with Crippen molar-refractivity contribution < 1.29 is 33.4 Å². The molecule has 1 amide bonds. The van der Waals surface area contributed by atoms with Crippen LogP contribution in [0.25, 0.3) is 11.3 Å². The number of carboxylic acid groups (broad SMARTS) is 1. The third-order valence-corrected chi connectivity index (χ3v) is 7.60. The Balaban J connectivity index is 1.97. The number of hydrogen-bond acceptors (Lipinski definition) is 5. The van der Waals surface area contributed by atoms with Crippen molar-refractivity contribution in [1.29, 1.82) is 0 Å². The Bertz CT molecular complexity index is 1290. The molecule has 1 aliphatic rings. The molecule has 2 aromatic carbocycles. The average Bonchev–Trinajstić information content (AvgIpc) is 3.20. The zero-order valence-electron chi connectivity index (χ0n) is 20.0. The molecule has 1 unspecified atom stereocenters. The van der Waals surface area contributed by atoms with Gasteiger partial charge in [-0.15, -0.1) is 0 Å². The van der Waals surface area contributed by atoms with Gasteiger partial charge in [-0.3, -0.25) is 0 Å². The van der Waals surface area contributed by atoms with Gasteiger partial charge >= 0.3 is 6.09 Å². The molecule has 192 valence electrons. The first-order chi connectivity index (χ1) is 16.9. The molecule has 0 radical (unpaired) electrons. The Morgan fingerprint density at radius 1 is 1.22 bits per heavy atom. The monoisotopic (exact) mass is 564 g/mol. The summed E-state index contributed by atoms with van der Waals surface area (Å²) >= 11 is 3.54. The van der Waals surface area contributed by atoms with Crippen LogP contribution < -0.4 is 0 Å². The fourth-order valence-corrected chi connectivity index (χ4v) is 5.80. The average molecular weight is 565 g/mol. The highest BCUT2D eigenvalue weighted by Crippen LogP contribution is 2.54. The van der Waals surface area contributed by atoms with E-state index in [4.69, 9.17) is 4.52 Å². The maximum atomic E-state index is 14.3. The van der Waals surface area contributed by atoms with E-state index < -0.39 is 40.7 Å². The van der Waals surface area contributed by atoms with Crippen LogP contribution in [0.4, 0.5) is 13.6 Å². The molecule has 3 atom stereocenters. The summed E-state index contributed by atoms with van der Waals surface area (Å²) in [5.74, 6) is -3.06. The van der Waals surface area contributed by atoms with Crippen LogP contribution in [0.3, 0.4) is 0 Å². The highest BCUT2D eigenvalue weighted by Gasteiger charge is 2.56. The predicted octanol–water partition coefficient (Wildman–Crippen LogP) is 5.64. The Morgan fingerprint density at radius 2 is 1.92 bits per heavy atom. The molecular weight excluding hydrogens is 538 g/mol. The Morgan fingerprint density at radius 3 is 2.53 bits per heavy atom. The van der Waals surface area contributed by atoms with Gasteiger partial charge in [-0.1, -0.05) is 56.3 Å². The van der Waals surface area contributed by atoms with E-state index in [1.54, 1.807) is 24.3 Å². The topological polar surface area (TPSA) is 107 Å². The van der Waals surface area contributed by atoms with Crippen molar-refractivity contribution in [3.05, 3.63) is 75.5 Å². The molecule has 3 N–H and O–H groups in total. The number of likely N-dealkylation sites (tertiary alicyclic amines) is 1. The van der Waals surface area contributed by atoms with Gasteiger partial charge in [-0.05, 0) is 51.0 Å². The molecule has 4 rings (SSSR count). The zero-order chi connectivity index (χ0) is 26.4. The molecule has 1 saturated heterocycles. The smallest absolute Gasteiger partial charge is 0.407 e. The molecule has 0 aliphatic carbocycles. The van der Waals surface area contributed by atoms with Crippen molar-refractivity contribution in [2.24, 2.45) is 5.41 Å². The van der Waals surface area contributed by atoms with Gasteiger partial charge in [0, 0.05) is 12.1 Å². The summed E-state index contributed by atoms with van der Waals surface area (Å²) in [6.45, 7) is 5.23. The largest absolute Gasteiger partial charge is 0.465 e. The second kappa shape index (κ2) is 9.57.